The Labute approximate surface area is 166 Å². The third kappa shape index (κ3) is 4.25. The van der Waals surface area contributed by atoms with Gasteiger partial charge in [0.2, 0.25) is 5.91 Å². The van der Waals surface area contributed by atoms with Crippen LogP contribution in [0.5, 0.6) is 0 Å². The lowest BCUT2D eigenvalue weighted by Gasteiger charge is -2.16. The average Bonchev–Trinajstić information content (AvgIpc) is 3.25. The van der Waals surface area contributed by atoms with Crippen molar-refractivity contribution in [3.05, 3.63) is 54.0 Å². The van der Waals surface area contributed by atoms with E-state index < -0.39 is 17.2 Å². The fraction of sp³-hybridized carbons (Fsp3) is 0.263. The van der Waals surface area contributed by atoms with E-state index in [0.29, 0.717) is 17.5 Å². The monoisotopic (exact) mass is 399 g/mol. The minimum atomic E-state index is -0.662. The SMILES string of the molecule is CCNC(=O)NC(=O)[C@H](Sc1nnc(-c2ccoc2C)n1C)c1ccccc1. The van der Waals surface area contributed by atoms with Crippen LogP contribution in [0.3, 0.4) is 0 Å². The topological polar surface area (TPSA) is 102 Å². The highest BCUT2D eigenvalue weighted by atomic mass is 32.2. The summed E-state index contributed by atoms with van der Waals surface area (Å²) in [6.45, 7) is 4.06. The van der Waals surface area contributed by atoms with Gasteiger partial charge in [0.1, 0.15) is 11.0 Å². The molecule has 0 aliphatic carbocycles. The predicted molar refractivity (Wildman–Crippen MR) is 106 cm³/mol. The van der Waals surface area contributed by atoms with Gasteiger partial charge in [0, 0.05) is 13.6 Å². The van der Waals surface area contributed by atoms with E-state index >= 15 is 0 Å². The summed E-state index contributed by atoms with van der Waals surface area (Å²) in [6.07, 6.45) is 1.60. The lowest BCUT2D eigenvalue weighted by Crippen LogP contribution is -2.41. The van der Waals surface area contributed by atoms with Crippen molar-refractivity contribution in [3.8, 4) is 11.4 Å². The molecule has 0 radical (unpaired) electrons. The van der Waals surface area contributed by atoms with Crippen LogP contribution in [0.15, 0.2) is 52.2 Å². The first-order valence-electron chi connectivity index (χ1n) is 8.75. The first kappa shape index (κ1) is 19.7. The van der Waals surface area contributed by atoms with Crippen LogP contribution in [0.2, 0.25) is 0 Å². The summed E-state index contributed by atoms with van der Waals surface area (Å²) >= 11 is 1.23. The number of hydrogen-bond donors (Lipinski definition) is 2. The molecule has 28 heavy (non-hydrogen) atoms. The van der Waals surface area contributed by atoms with Gasteiger partial charge in [0.25, 0.3) is 0 Å². The number of aromatic nitrogens is 3. The minimum Gasteiger partial charge on any atom is -0.469 e. The molecular weight excluding hydrogens is 378 g/mol. The normalized spacial score (nSPS) is 11.8. The molecule has 9 heteroatoms. The number of nitrogens with zero attached hydrogens (tertiary/aromatic N) is 3. The second-order valence-electron chi connectivity index (χ2n) is 6.01. The molecule has 0 spiro atoms. The van der Waals surface area contributed by atoms with E-state index in [4.69, 9.17) is 4.42 Å². The zero-order valence-electron chi connectivity index (χ0n) is 15.8. The van der Waals surface area contributed by atoms with Crippen LogP contribution >= 0.6 is 11.8 Å². The molecule has 0 bridgehead atoms. The fourth-order valence-corrected chi connectivity index (χ4v) is 3.66. The van der Waals surface area contributed by atoms with Crippen LogP contribution in [-0.4, -0.2) is 33.2 Å². The molecule has 0 aliphatic rings. The molecule has 2 aromatic heterocycles. The molecule has 0 saturated heterocycles. The van der Waals surface area contributed by atoms with Gasteiger partial charge in [-0.2, -0.15) is 0 Å². The maximum absolute atomic E-state index is 12.8. The Kier molecular flexibility index (Phi) is 6.15. The number of imide groups is 1. The summed E-state index contributed by atoms with van der Waals surface area (Å²) in [5, 5.41) is 13.3. The highest BCUT2D eigenvalue weighted by molar-refractivity contribution is 8.00. The molecular formula is C19H21N5O3S. The van der Waals surface area contributed by atoms with Gasteiger partial charge in [0.05, 0.1) is 11.8 Å². The number of carbonyl (C=O) groups excluding carboxylic acids is 2. The number of rotatable bonds is 6. The van der Waals surface area contributed by atoms with Crippen molar-refractivity contribution in [3.63, 3.8) is 0 Å². The van der Waals surface area contributed by atoms with Gasteiger partial charge in [-0.05, 0) is 25.5 Å². The van der Waals surface area contributed by atoms with Crippen LogP contribution in [0.25, 0.3) is 11.4 Å². The Morgan fingerprint density at radius 1 is 1.21 bits per heavy atom. The van der Waals surface area contributed by atoms with E-state index in [1.807, 2.05) is 50.4 Å². The molecule has 3 aromatic rings. The highest BCUT2D eigenvalue weighted by Crippen LogP contribution is 2.36. The number of urea groups is 1. The molecule has 3 rings (SSSR count). The van der Waals surface area contributed by atoms with Crippen molar-refractivity contribution in [2.24, 2.45) is 7.05 Å². The van der Waals surface area contributed by atoms with Crippen LogP contribution < -0.4 is 10.6 Å². The summed E-state index contributed by atoms with van der Waals surface area (Å²) in [4.78, 5) is 24.6. The first-order chi connectivity index (χ1) is 13.5. The number of amides is 3. The van der Waals surface area contributed by atoms with Gasteiger partial charge in [-0.1, -0.05) is 42.1 Å². The summed E-state index contributed by atoms with van der Waals surface area (Å²) in [5.74, 6) is 0.955. The third-order valence-electron chi connectivity index (χ3n) is 4.07. The standard InChI is InChI=1S/C19H21N5O3S/c1-4-20-18(26)21-17(25)15(13-8-6-5-7-9-13)28-19-23-22-16(24(19)3)14-10-11-27-12(14)2/h5-11,15H,4H2,1-3H3,(H2,20,21,25,26)/t15-/m1/s1. The molecule has 3 amide bonds. The largest absolute Gasteiger partial charge is 0.469 e. The highest BCUT2D eigenvalue weighted by Gasteiger charge is 2.26. The summed E-state index contributed by atoms with van der Waals surface area (Å²) in [7, 11) is 1.83. The van der Waals surface area contributed by atoms with Crippen LogP contribution in [0.4, 0.5) is 4.79 Å². The van der Waals surface area contributed by atoms with E-state index in [9.17, 15) is 9.59 Å². The molecule has 0 fully saturated rings. The van der Waals surface area contributed by atoms with E-state index in [1.54, 1.807) is 17.8 Å². The molecule has 146 valence electrons. The van der Waals surface area contributed by atoms with Gasteiger partial charge in [0.15, 0.2) is 11.0 Å². The Morgan fingerprint density at radius 2 is 1.96 bits per heavy atom. The van der Waals surface area contributed by atoms with E-state index in [2.05, 4.69) is 20.8 Å². The molecule has 1 aromatic carbocycles. The predicted octanol–water partition coefficient (Wildman–Crippen LogP) is 3.06. The Hall–Kier alpha value is -3.07. The van der Waals surface area contributed by atoms with Crippen molar-refractivity contribution in [2.75, 3.05) is 6.54 Å². The van der Waals surface area contributed by atoms with Crippen LogP contribution in [-0.2, 0) is 11.8 Å². The van der Waals surface area contributed by atoms with Gasteiger partial charge in [-0.25, -0.2) is 4.79 Å². The molecule has 0 saturated carbocycles. The van der Waals surface area contributed by atoms with Gasteiger partial charge in [-0.15, -0.1) is 10.2 Å². The van der Waals surface area contributed by atoms with Crippen molar-refractivity contribution in [1.29, 1.82) is 0 Å². The van der Waals surface area contributed by atoms with E-state index in [1.165, 1.54) is 11.8 Å². The van der Waals surface area contributed by atoms with Gasteiger partial charge < -0.3 is 14.3 Å². The number of thioether (sulfide) groups is 1. The second-order valence-corrected chi connectivity index (χ2v) is 7.09. The molecule has 1 atom stereocenters. The molecule has 2 N–H and O–H groups in total. The Bertz CT molecular complexity index is 967. The Morgan fingerprint density at radius 3 is 2.61 bits per heavy atom. The summed E-state index contributed by atoms with van der Waals surface area (Å²) in [5.41, 5.74) is 1.60. The number of carbonyl (C=O) groups is 2. The molecule has 0 aliphatic heterocycles. The van der Waals surface area contributed by atoms with Crippen molar-refractivity contribution >= 4 is 23.7 Å². The molecule has 0 unspecified atom stereocenters. The van der Waals surface area contributed by atoms with Crippen LogP contribution in [0, 0.1) is 6.92 Å². The number of aryl methyl sites for hydroxylation is 1. The summed E-state index contributed by atoms with van der Waals surface area (Å²) in [6, 6.07) is 10.5. The van der Waals surface area contributed by atoms with E-state index in [0.717, 1.165) is 16.9 Å². The quantitative estimate of drug-likeness (QED) is 0.618. The number of furan rings is 1. The van der Waals surface area contributed by atoms with Crippen molar-refractivity contribution in [1.82, 2.24) is 25.4 Å². The third-order valence-corrected chi connectivity index (χ3v) is 5.36. The molecule has 2 heterocycles. The van der Waals surface area contributed by atoms with Gasteiger partial charge >= 0.3 is 6.03 Å². The van der Waals surface area contributed by atoms with Crippen LogP contribution in [0.1, 0.15) is 23.5 Å². The number of nitrogens with one attached hydrogen (secondary N) is 2. The average molecular weight is 399 g/mol. The lowest BCUT2D eigenvalue weighted by molar-refractivity contribution is -0.119. The number of hydrogen-bond acceptors (Lipinski definition) is 6. The lowest BCUT2D eigenvalue weighted by atomic mass is 10.1. The zero-order chi connectivity index (χ0) is 20.1. The smallest absolute Gasteiger partial charge is 0.321 e. The van der Waals surface area contributed by atoms with Crippen molar-refractivity contribution < 1.29 is 14.0 Å². The first-order valence-corrected chi connectivity index (χ1v) is 9.63. The fourth-order valence-electron chi connectivity index (χ4n) is 2.66. The minimum absolute atomic E-state index is 0.425. The van der Waals surface area contributed by atoms with Crippen molar-refractivity contribution in [2.45, 2.75) is 24.3 Å². The maximum atomic E-state index is 12.8. The molecule has 8 nitrogen and oxygen atoms in total. The maximum Gasteiger partial charge on any atom is 0.321 e. The summed E-state index contributed by atoms with van der Waals surface area (Å²) < 4.78 is 7.15. The zero-order valence-corrected chi connectivity index (χ0v) is 16.6. The second kappa shape index (κ2) is 8.75. The van der Waals surface area contributed by atoms with E-state index in [-0.39, 0.29) is 0 Å². The number of benzene rings is 1. The Balaban J connectivity index is 1.88. The van der Waals surface area contributed by atoms with Gasteiger partial charge in [-0.3, -0.25) is 10.1 Å².